The second-order valence-electron chi connectivity index (χ2n) is 29.0. The Bertz CT molecular complexity index is 2790. The van der Waals surface area contributed by atoms with Crippen LogP contribution in [-0.4, -0.2) is 38.4 Å². The van der Waals surface area contributed by atoms with Crippen molar-refractivity contribution < 1.29 is 13.3 Å². The number of benzene rings is 7. The first-order valence-electron chi connectivity index (χ1n) is 33.5. The molecular formula is C80H120O3Si4. The van der Waals surface area contributed by atoms with Crippen molar-refractivity contribution in [3.63, 3.8) is 0 Å². The average molecular weight is 1240 g/mol. The molecule has 0 amide bonds. The highest BCUT2D eigenvalue weighted by Gasteiger charge is 2.36. The first kappa shape index (κ1) is 74.6. The van der Waals surface area contributed by atoms with Crippen molar-refractivity contribution in [1.82, 2.24) is 0 Å². The van der Waals surface area contributed by atoms with Crippen molar-refractivity contribution in [2.75, 3.05) is 0 Å². The molecule has 7 aromatic rings. The number of unbranched alkanes of at least 4 members (excludes halogenated alkanes) is 2. The molecule has 0 aliphatic heterocycles. The SMILES string of the molecule is CCCC[Si](C)(C)O[Si](C)(C)CCCc1ccc(C)cc1.CCCC[Si](C)(C)O[Si](C)(C)CCCc1ccc(O)cc1.Cc1ccc(-c2ccc(C)cc2)cc1.Cc1ccc(C(C)(C)C)cc1.Cc1ccc(C2(c3ccc(C)cc3)CCCCC2)cc1. The first-order valence-corrected chi connectivity index (χ1v) is 46.0. The van der Waals surface area contributed by atoms with Crippen molar-refractivity contribution >= 4 is 33.3 Å². The molecule has 1 fully saturated rings. The smallest absolute Gasteiger partial charge is 0.173 e. The van der Waals surface area contributed by atoms with Gasteiger partial charge in [0.05, 0.1) is 0 Å². The maximum atomic E-state index is 9.30. The Hall–Kier alpha value is -4.87. The minimum Gasteiger partial charge on any atom is -0.508 e. The third-order valence-electron chi connectivity index (χ3n) is 17.2. The zero-order valence-electron chi connectivity index (χ0n) is 58.5. The van der Waals surface area contributed by atoms with Gasteiger partial charge in [0.15, 0.2) is 33.3 Å². The lowest BCUT2D eigenvalue weighted by Gasteiger charge is -2.38. The number of phenolic OH excluding ortho intramolecular Hbond substituents is 1. The Morgan fingerprint density at radius 2 is 0.644 bits per heavy atom. The third-order valence-corrected chi connectivity index (χ3v) is 32.3. The molecule has 8 rings (SSSR count). The predicted octanol–water partition coefficient (Wildman–Crippen LogP) is 24.5. The molecule has 1 N–H and O–H groups in total. The molecular weight excluding hydrogens is 1120 g/mol. The lowest BCUT2D eigenvalue weighted by atomic mass is 9.65. The van der Waals surface area contributed by atoms with Gasteiger partial charge in [0, 0.05) is 5.41 Å². The molecule has 0 unspecified atom stereocenters. The summed E-state index contributed by atoms with van der Waals surface area (Å²) in [4.78, 5) is 0. The normalized spacial score (nSPS) is 13.3. The van der Waals surface area contributed by atoms with Gasteiger partial charge in [-0.05, 0) is 213 Å². The van der Waals surface area contributed by atoms with Crippen molar-refractivity contribution in [3.8, 4) is 16.9 Å². The van der Waals surface area contributed by atoms with Gasteiger partial charge in [-0.25, -0.2) is 0 Å². The molecule has 3 nitrogen and oxygen atoms in total. The molecule has 0 radical (unpaired) electrons. The molecule has 0 bridgehead atoms. The zero-order valence-corrected chi connectivity index (χ0v) is 62.5. The third kappa shape index (κ3) is 28.7. The summed E-state index contributed by atoms with van der Waals surface area (Å²) in [5, 5.41) is 9.30. The quantitative estimate of drug-likeness (QED) is 0.0729. The van der Waals surface area contributed by atoms with Crippen molar-refractivity contribution in [2.24, 2.45) is 0 Å². The summed E-state index contributed by atoms with van der Waals surface area (Å²) in [6, 6.07) is 66.1. The molecule has 7 heteroatoms. The maximum Gasteiger partial charge on any atom is 0.173 e. The molecule has 0 saturated heterocycles. The first-order chi connectivity index (χ1) is 40.9. The van der Waals surface area contributed by atoms with E-state index in [1.807, 2.05) is 12.1 Å². The van der Waals surface area contributed by atoms with Gasteiger partial charge in [0.1, 0.15) is 5.75 Å². The van der Waals surface area contributed by atoms with E-state index in [-0.39, 0.29) is 10.8 Å². The Kier molecular flexibility index (Phi) is 30.9. The number of aromatic hydroxyl groups is 1. The number of hydrogen-bond donors (Lipinski definition) is 1. The Balaban J connectivity index is 0.000000237. The van der Waals surface area contributed by atoms with Crippen LogP contribution >= 0.6 is 0 Å². The second kappa shape index (κ2) is 36.1. The van der Waals surface area contributed by atoms with Crippen LogP contribution in [0.2, 0.25) is 76.6 Å². The molecule has 1 aliphatic carbocycles. The number of rotatable bonds is 21. The Morgan fingerprint density at radius 3 is 0.954 bits per heavy atom. The molecule has 87 heavy (non-hydrogen) atoms. The van der Waals surface area contributed by atoms with E-state index in [1.165, 1.54) is 174 Å². The fraction of sp³-hybridized carbons (Fsp3) is 0.475. The summed E-state index contributed by atoms with van der Waals surface area (Å²) in [6.45, 7) is 43.1. The van der Waals surface area contributed by atoms with E-state index < -0.39 is 33.3 Å². The molecule has 0 heterocycles. The van der Waals surface area contributed by atoms with Gasteiger partial charge in [-0.3, -0.25) is 0 Å². The van der Waals surface area contributed by atoms with E-state index in [9.17, 15) is 5.11 Å². The molecule has 474 valence electrons. The van der Waals surface area contributed by atoms with E-state index in [1.54, 1.807) is 12.1 Å². The van der Waals surface area contributed by atoms with Gasteiger partial charge >= 0.3 is 0 Å². The summed E-state index contributed by atoms with van der Waals surface area (Å²) < 4.78 is 13.3. The molecule has 0 spiro atoms. The Labute approximate surface area is 538 Å². The van der Waals surface area contributed by atoms with Crippen LogP contribution in [0.1, 0.15) is 166 Å². The van der Waals surface area contributed by atoms with E-state index in [0.29, 0.717) is 5.75 Å². The molecule has 1 aliphatic rings. The molecule has 7 aromatic carbocycles. The number of phenols is 1. The lowest BCUT2D eigenvalue weighted by Crippen LogP contribution is -2.44. The summed E-state index contributed by atoms with van der Waals surface area (Å²) in [5.74, 6) is 0.348. The minimum absolute atomic E-state index is 0.250. The van der Waals surface area contributed by atoms with E-state index in [2.05, 4.69) is 274 Å². The standard InChI is InChI=1S/C20H24.C18H34OSi2.C17H32O2Si2.C14H14.C11H16/c1-16-6-10-18(11-7-16)20(14-4-3-5-15-20)19-12-8-17(2)9-13-19;1-7-8-15-20(3,4)19-21(5,6)16-9-10-18-13-11-17(2)12-14-18;1-6-7-14-20(2,3)19-21(4,5)15-8-9-16-10-12-17(18)13-11-16;1-11-3-7-13(8-4-11)14-9-5-12(2)6-10-14;1-9-5-7-10(8-6-9)11(2,3)4/h6-13H,3-5,14-15H2,1-2H3;11-14H,7-10,15-16H2,1-6H3;10-13,18H,6-9,14-15H2,1-5H3;3-10H,1-2H3;5-8H,1-4H3. The van der Waals surface area contributed by atoms with Crippen LogP contribution in [0.25, 0.3) is 11.1 Å². The average Bonchev–Trinajstić information content (AvgIpc) is 1.19. The molecule has 0 aromatic heterocycles. The van der Waals surface area contributed by atoms with Crippen LogP contribution < -0.4 is 0 Å². The van der Waals surface area contributed by atoms with Crippen molar-refractivity contribution in [3.05, 3.63) is 231 Å². The summed E-state index contributed by atoms with van der Waals surface area (Å²) in [5.41, 5.74) is 18.3. The van der Waals surface area contributed by atoms with Crippen LogP contribution in [0, 0.1) is 41.5 Å². The van der Waals surface area contributed by atoms with Crippen LogP contribution in [0.5, 0.6) is 5.75 Å². The van der Waals surface area contributed by atoms with Crippen molar-refractivity contribution in [2.45, 2.75) is 247 Å². The van der Waals surface area contributed by atoms with E-state index in [0.717, 1.165) is 6.42 Å². The van der Waals surface area contributed by atoms with E-state index in [4.69, 9.17) is 8.23 Å². The number of aryl methyl sites for hydroxylation is 8. The van der Waals surface area contributed by atoms with E-state index >= 15 is 0 Å². The molecule has 0 atom stereocenters. The summed E-state index contributed by atoms with van der Waals surface area (Å²) in [7, 11) is -5.94. The van der Waals surface area contributed by atoms with Crippen LogP contribution in [-0.2, 0) is 31.9 Å². The monoisotopic (exact) mass is 1240 g/mol. The summed E-state index contributed by atoms with van der Waals surface area (Å²) >= 11 is 0. The highest BCUT2D eigenvalue weighted by molar-refractivity contribution is 6.85. The van der Waals surface area contributed by atoms with Crippen LogP contribution in [0.3, 0.4) is 0 Å². The highest BCUT2D eigenvalue weighted by Crippen LogP contribution is 2.45. The van der Waals surface area contributed by atoms with Crippen molar-refractivity contribution in [1.29, 1.82) is 0 Å². The van der Waals surface area contributed by atoms with Gasteiger partial charge in [0.2, 0.25) is 0 Å². The van der Waals surface area contributed by atoms with Gasteiger partial charge in [-0.15, -0.1) is 0 Å². The molecule has 1 saturated carbocycles. The summed E-state index contributed by atoms with van der Waals surface area (Å²) in [6.07, 6.45) is 16.6. The zero-order chi connectivity index (χ0) is 64.3. The largest absolute Gasteiger partial charge is 0.508 e. The van der Waals surface area contributed by atoms with Gasteiger partial charge in [-0.2, -0.15) is 0 Å². The van der Waals surface area contributed by atoms with Gasteiger partial charge in [-0.1, -0.05) is 271 Å². The predicted molar refractivity (Wildman–Crippen MR) is 395 cm³/mol. The highest BCUT2D eigenvalue weighted by atomic mass is 28.4. The fourth-order valence-electron chi connectivity index (χ4n) is 11.9. The lowest BCUT2D eigenvalue weighted by molar-refractivity contribution is 0.346. The topological polar surface area (TPSA) is 38.7 Å². The fourth-order valence-corrected chi connectivity index (χ4v) is 30.0. The minimum atomic E-state index is -1.54. The van der Waals surface area contributed by atoms with Crippen LogP contribution in [0.4, 0.5) is 0 Å². The van der Waals surface area contributed by atoms with Gasteiger partial charge in [0.25, 0.3) is 0 Å². The maximum absolute atomic E-state index is 9.30. The number of hydrogen-bond acceptors (Lipinski definition) is 3. The second-order valence-corrected chi connectivity index (χ2v) is 46.7. The van der Waals surface area contributed by atoms with Crippen LogP contribution in [0.15, 0.2) is 170 Å². The van der Waals surface area contributed by atoms with Gasteiger partial charge < -0.3 is 13.3 Å². The Morgan fingerprint density at radius 1 is 0.368 bits per heavy atom.